The van der Waals surface area contributed by atoms with E-state index in [2.05, 4.69) is 84.9 Å². The summed E-state index contributed by atoms with van der Waals surface area (Å²) in [5, 5.41) is 17.6. The number of nitrogens with two attached hydrogens (primary N) is 1. The molecule has 3 nitrogen and oxygen atoms in total. The van der Waals surface area contributed by atoms with Crippen molar-refractivity contribution < 1.29 is 0 Å². The van der Waals surface area contributed by atoms with Gasteiger partial charge >= 0.3 is 0 Å². The molecule has 6 aromatic carbocycles. The van der Waals surface area contributed by atoms with Gasteiger partial charge in [-0.25, -0.2) is 0 Å². The third kappa shape index (κ3) is 2.87. The van der Waals surface area contributed by atoms with Crippen molar-refractivity contribution in [3.63, 3.8) is 0 Å². The van der Waals surface area contributed by atoms with Crippen LogP contribution in [0.5, 0.6) is 0 Å². The largest absolute Gasteiger partial charge is 0.369 e. The molecule has 0 saturated heterocycles. The number of anilines is 2. The van der Waals surface area contributed by atoms with Gasteiger partial charge in [0.25, 0.3) is 0 Å². The van der Waals surface area contributed by atoms with Gasteiger partial charge in [0, 0.05) is 10.8 Å². The normalized spacial score (nSPS) is 11.4. The minimum atomic E-state index is -0.00804. The molecule has 0 unspecified atom stereocenters. The van der Waals surface area contributed by atoms with Gasteiger partial charge in [0.05, 0.1) is 11.4 Å². The number of nitrogens with one attached hydrogen (secondary N) is 1. The Morgan fingerprint density at radius 2 is 0.875 bits per heavy atom. The SMILES string of the molecule is N=C(N)N(c1cccc2cc3ccccc3cc12)c1cccc2cc3ccccc3cc12. The summed E-state index contributed by atoms with van der Waals surface area (Å²) in [7, 11) is 0. The summed E-state index contributed by atoms with van der Waals surface area (Å²) in [4.78, 5) is 1.86. The van der Waals surface area contributed by atoms with Crippen molar-refractivity contribution in [1.29, 1.82) is 5.41 Å². The van der Waals surface area contributed by atoms with Crippen molar-refractivity contribution in [1.82, 2.24) is 0 Å². The fraction of sp³-hybridized carbons (Fsp3) is 0. The number of benzene rings is 6. The van der Waals surface area contributed by atoms with Crippen LogP contribution in [-0.4, -0.2) is 5.96 Å². The first-order chi connectivity index (χ1) is 15.7. The zero-order valence-electron chi connectivity index (χ0n) is 17.4. The van der Waals surface area contributed by atoms with Crippen LogP contribution in [0.1, 0.15) is 0 Å². The Kier molecular flexibility index (Phi) is 4.08. The lowest BCUT2D eigenvalue weighted by molar-refractivity contribution is 1.28. The van der Waals surface area contributed by atoms with Crippen LogP contribution in [0.2, 0.25) is 0 Å². The number of hydrogen-bond donors (Lipinski definition) is 2. The molecule has 0 radical (unpaired) electrons. The van der Waals surface area contributed by atoms with Gasteiger partial charge in [-0.3, -0.25) is 10.3 Å². The number of rotatable bonds is 2. The Labute approximate surface area is 185 Å². The maximum absolute atomic E-state index is 8.51. The average Bonchev–Trinajstić information content (AvgIpc) is 2.82. The molecule has 0 spiro atoms. The molecule has 0 amide bonds. The van der Waals surface area contributed by atoms with Crippen LogP contribution in [-0.2, 0) is 0 Å². The first kappa shape index (κ1) is 18.4. The molecule has 0 fully saturated rings. The Balaban J connectivity index is 1.65. The molecular formula is C29H21N3. The maximum atomic E-state index is 8.51. The number of hydrogen-bond acceptors (Lipinski definition) is 1. The fourth-order valence-corrected chi connectivity index (χ4v) is 4.68. The van der Waals surface area contributed by atoms with E-state index in [0.29, 0.717) is 0 Å². The van der Waals surface area contributed by atoms with E-state index in [0.717, 1.165) is 32.9 Å². The van der Waals surface area contributed by atoms with Crippen molar-refractivity contribution in [2.24, 2.45) is 5.73 Å². The fourth-order valence-electron chi connectivity index (χ4n) is 4.68. The van der Waals surface area contributed by atoms with Gasteiger partial charge < -0.3 is 5.73 Å². The molecular weight excluding hydrogens is 390 g/mol. The zero-order valence-corrected chi connectivity index (χ0v) is 17.4. The van der Waals surface area contributed by atoms with E-state index in [1.807, 2.05) is 29.2 Å². The van der Waals surface area contributed by atoms with Crippen LogP contribution in [0.4, 0.5) is 11.4 Å². The van der Waals surface area contributed by atoms with Crippen molar-refractivity contribution in [2.45, 2.75) is 0 Å². The molecule has 0 aromatic heterocycles. The predicted molar refractivity (Wildman–Crippen MR) is 137 cm³/mol. The van der Waals surface area contributed by atoms with Gasteiger partial charge in [0.1, 0.15) is 0 Å². The summed E-state index contributed by atoms with van der Waals surface area (Å²) >= 11 is 0. The van der Waals surface area contributed by atoms with Crippen molar-refractivity contribution >= 4 is 60.4 Å². The standard InChI is InChI=1S/C29H21N3/c30-29(31)32(27-13-5-11-23-15-19-7-1-3-9-21(19)17-25(23)27)28-14-6-12-24-16-20-8-2-4-10-22(20)18-26(24)28/h1-18H,(H3,30,31). The molecule has 0 aliphatic carbocycles. The molecule has 3 heteroatoms. The smallest absolute Gasteiger partial charge is 0.197 e. The van der Waals surface area contributed by atoms with Crippen molar-refractivity contribution in [3.8, 4) is 0 Å². The second-order valence-electron chi connectivity index (χ2n) is 8.12. The van der Waals surface area contributed by atoms with E-state index in [1.165, 1.54) is 21.5 Å². The van der Waals surface area contributed by atoms with E-state index < -0.39 is 0 Å². The minimum absolute atomic E-state index is 0.00804. The van der Waals surface area contributed by atoms with Crippen LogP contribution >= 0.6 is 0 Å². The topological polar surface area (TPSA) is 53.1 Å². The molecule has 0 saturated carbocycles. The van der Waals surface area contributed by atoms with Crippen molar-refractivity contribution in [2.75, 3.05) is 4.90 Å². The van der Waals surface area contributed by atoms with Gasteiger partial charge in [-0.2, -0.15) is 0 Å². The second-order valence-corrected chi connectivity index (χ2v) is 8.12. The molecule has 0 aliphatic rings. The summed E-state index contributed by atoms with van der Waals surface area (Å²) in [5.74, 6) is -0.00804. The molecule has 32 heavy (non-hydrogen) atoms. The molecule has 0 heterocycles. The van der Waals surface area contributed by atoms with Gasteiger partial charge in [0.15, 0.2) is 5.96 Å². The van der Waals surface area contributed by atoms with E-state index >= 15 is 0 Å². The van der Waals surface area contributed by atoms with E-state index in [1.54, 1.807) is 0 Å². The maximum Gasteiger partial charge on any atom is 0.197 e. The molecule has 0 bridgehead atoms. The number of nitrogens with zero attached hydrogens (tertiary/aromatic N) is 1. The molecule has 6 rings (SSSR count). The first-order valence-corrected chi connectivity index (χ1v) is 10.7. The Morgan fingerprint density at radius 3 is 1.28 bits per heavy atom. The minimum Gasteiger partial charge on any atom is -0.369 e. The van der Waals surface area contributed by atoms with E-state index in [9.17, 15) is 0 Å². The highest BCUT2D eigenvalue weighted by atomic mass is 15.2. The van der Waals surface area contributed by atoms with Crippen LogP contribution in [0.3, 0.4) is 0 Å². The monoisotopic (exact) mass is 411 g/mol. The van der Waals surface area contributed by atoms with Gasteiger partial charge in [0.2, 0.25) is 0 Å². The van der Waals surface area contributed by atoms with Gasteiger partial charge in [-0.15, -0.1) is 0 Å². The third-order valence-electron chi connectivity index (χ3n) is 6.17. The summed E-state index contributed by atoms with van der Waals surface area (Å²) in [6.07, 6.45) is 0. The predicted octanol–water partition coefficient (Wildman–Crippen LogP) is 7.33. The molecule has 3 N–H and O–H groups in total. The lowest BCUT2D eigenvalue weighted by Crippen LogP contribution is -2.32. The Bertz CT molecular complexity index is 1550. The molecule has 0 atom stereocenters. The van der Waals surface area contributed by atoms with Crippen LogP contribution in [0.15, 0.2) is 109 Å². The highest BCUT2D eigenvalue weighted by molar-refractivity contribution is 6.15. The van der Waals surface area contributed by atoms with Crippen LogP contribution < -0.4 is 10.6 Å². The molecule has 152 valence electrons. The second kappa shape index (κ2) is 7.10. The van der Waals surface area contributed by atoms with E-state index in [-0.39, 0.29) is 5.96 Å². The quantitative estimate of drug-likeness (QED) is 0.178. The lowest BCUT2D eigenvalue weighted by atomic mass is 9.99. The molecule has 6 aromatic rings. The highest BCUT2D eigenvalue weighted by Crippen LogP contribution is 2.38. The lowest BCUT2D eigenvalue weighted by Gasteiger charge is -2.26. The Morgan fingerprint density at radius 1 is 0.500 bits per heavy atom. The highest BCUT2D eigenvalue weighted by Gasteiger charge is 2.18. The average molecular weight is 412 g/mol. The third-order valence-corrected chi connectivity index (χ3v) is 6.17. The summed E-state index contributed by atoms with van der Waals surface area (Å²) < 4.78 is 0. The van der Waals surface area contributed by atoms with Crippen LogP contribution in [0, 0.1) is 5.41 Å². The molecule has 0 aliphatic heterocycles. The number of fused-ring (bicyclic) bond motifs is 4. The van der Waals surface area contributed by atoms with Crippen molar-refractivity contribution in [3.05, 3.63) is 109 Å². The van der Waals surface area contributed by atoms with Gasteiger partial charge in [-0.1, -0.05) is 72.8 Å². The zero-order chi connectivity index (χ0) is 21.7. The summed E-state index contributed by atoms with van der Waals surface area (Å²) in [6, 6.07) is 37.8. The van der Waals surface area contributed by atoms with Gasteiger partial charge in [-0.05, 0) is 68.7 Å². The first-order valence-electron chi connectivity index (χ1n) is 10.7. The number of guanidine groups is 1. The summed E-state index contributed by atoms with van der Waals surface area (Å²) in [6.45, 7) is 0. The van der Waals surface area contributed by atoms with Crippen LogP contribution in [0.25, 0.3) is 43.1 Å². The summed E-state index contributed by atoms with van der Waals surface area (Å²) in [5.41, 5.74) is 8.03. The van der Waals surface area contributed by atoms with E-state index in [4.69, 9.17) is 11.1 Å². The Hall–Kier alpha value is -4.37.